The molecule has 0 radical (unpaired) electrons. The highest BCUT2D eigenvalue weighted by molar-refractivity contribution is 9.10. The maximum Gasteiger partial charge on any atom is 0.0507 e. The first-order valence-electron chi connectivity index (χ1n) is 6.99. The molecule has 21 heavy (non-hydrogen) atoms. The highest BCUT2D eigenvalue weighted by atomic mass is 79.9. The quantitative estimate of drug-likeness (QED) is 0.753. The lowest BCUT2D eigenvalue weighted by Crippen LogP contribution is -2.35. The van der Waals surface area contributed by atoms with E-state index < -0.39 is 0 Å². The van der Waals surface area contributed by atoms with Gasteiger partial charge in [-0.3, -0.25) is 4.98 Å². The Kier molecular flexibility index (Phi) is 5.85. The third kappa shape index (κ3) is 6.20. The van der Waals surface area contributed by atoms with E-state index in [2.05, 4.69) is 77.3 Å². The van der Waals surface area contributed by atoms with E-state index in [9.17, 15) is 0 Å². The first-order valence-corrected chi connectivity index (χ1v) is 8.77. The predicted octanol–water partition coefficient (Wildman–Crippen LogP) is 5.02. The molecule has 4 heteroatoms. The van der Waals surface area contributed by atoms with Gasteiger partial charge in [0.1, 0.15) is 0 Å². The van der Waals surface area contributed by atoms with Crippen LogP contribution in [-0.2, 0) is 12.3 Å². The highest BCUT2D eigenvalue weighted by Crippen LogP contribution is 2.23. The summed E-state index contributed by atoms with van der Waals surface area (Å²) < 4.78 is 1.02. The van der Waals surface area contributed by atoms with Crippen molar-refractivity contribution in [2.45, 2.75) is 43.5 Å². The largest absolute Gasteiger partial charge is 0.308 e. The Hall–Kier alpha value is -0.840. The molecule has 0 saturated heterocycles. The fraction of sp³-hybridized carbons (Fsp3) is 0.353. The molecule has 0 spiro atoms. The topological polar surface area (TPSA) is 24.9 Å². The van der Waals surface area contributed by atoms with Crippen molar-refractivity contribution in [3.05, 3.63) is 58.3 Å². The maximum atomic E-state index is 4.39. The molecular weight excluding hydrogens is 344 g/mol. The van der Waals surface area contributed by atoms with Gasteiger partial charge in [0.05, 0.1) is 5.69 Å². The normalized spacial score (nSPS) is 11.6. The highest BCUT2D eigenvalue weighted by Gasteiger charge is 2.08. The van der Waals surface area contributed by atoms with Gasteiger partial charge in [0.25, 0.3) is 0 Å². The Bertz CT molecular complexity index is 559. The summed E-state index contributed by atoms with van der Waals surface area (Å²) in [5.41, 5.74) is 2.57. The summed E-state index contributed by atoms with van der Waals surface area (Å²) in [5, 5.41) is 3.50. The van der Waals surface area contributed by atoms with Gasteiger partial charge in [-0.2, -0.15) is 0 Å². The molecule has 0 unspecified atom stereocenters. The van der Waals surface area contributed by atoms with Crippen LogP contribution in [0.4, 0.5) is 0 Å². The van der Waals surface area contributed by atoms with Gasteiger partial charge in [0.15, 0.2) is 0 Å². The summed E-state index contributed by atoms with van der Waals surface area (Å²) in [5.74, 6) is 0.896. The van der Waals surface area contributed by atoms with Crippen LogP contribution in [0, 0.1) is 0 Å². The summed E-state index contributed by atoms with van der Waals surface area (Å²) in [4.78, 5) is 5.67. The molecule has 0 fully saturated rings. The molecule has 1 aromatic carbocycles. The van der Waals surface area contributed by atoms with E-state index in [4.69, 9.17) is 0 Å². The number of benzene rings is 1. The van der Waals surface area contributed by atoms with E-state index >= 15 is 0 Å². The summed E-state index contributed by atoms with van der Waals surface area (Å²) in [6.45, 7) is 7.45. The van der Waals surface area contributed by atoms with Crippen molar-refractivity contribution >= 4 is 27.7 Å². The summed E-state index contributed by atoms with van der Waals surface area (Å²) in [6.07, 6.45) is 1.84. The molecule has 2 nitrogen and oxygen atoms in total. The number of aromatic nitrogens is 1. The lowest BCUT2D eigenvalue weighted by atomic mass is 10.1. The molecule has 1 aromatic heterocycles. The van der Waals surface area contributed by atoms with Gasteiger partial charge < -0.3 is 5.32 Å². The van der Waals surface area contributed by atoms with E-state index in [0.29, 0.717) is 0 Å². The minimum atomic E-state index is 0.153. The van der Waals surface area contributed by atoms with Crippen LogP contribution >= 0.6 is 27.7 Å². The van der Waals surface area contributed by atoms with Crippen molar-refractivity contribution in [2.75, 3.05) is 0 Å². The number of halogens is 1. The Labute approximate surface area is 139 Å². The Balaban J connectivity index is 1.86. The zero-order chi connectivity index (χ0) is 15.3. The van der Waals surface area contributed by atoms with E-state index in [1.165, 1.54) is 10.5 Å². The molecule has 0 amide bonds. The summed E-state index contributed by atoms with van der Waals surface area (Å²) in [7, 11) is 0. The smallest absolute Gasteiger partial charge is 0.0507 e. The van der Waals surface area contributed by atoms with Crippen molar-refractivity contribution in [3.8, 4) is 0 Å². The van der Waals surface area contributed by atoms with Crippen molar-refractivity contribution < 1.29 is 0 Å². The fourth-order valence-electron chi connectivity index (χ4n) is 1.72. The van der Waals surface area contributed by atoms with Gasteiger partial charge in [-0.15, -0.1) is 11.8 Å². The second kappa shape index (κ2) is 7.43. The van der Waals surface area contributed by atoms with Gasteiger partial charge in [-0.1, -0.05) is 12.1 Å². The van der Waals surface area contributed by atoms with E-state index in [0.717, 1.165) is 22.5 Å². The molecule has 2 aromatic rings. The predicted molar refractivity (Wildman–Crippen MR) is 94.5 cm³/mol. The van der Waals surface area contributed by atoms with E-state index in [1.807, 2.05) is 24.0 Å². The van der Waals surface area contributed by atoms with Crippen LogP contribution in [0.1, 0.15) is 32.0 Å². The lowest BCUT2D eigenvalue weighted by molar-refractivity contribution is 0.424. The molecule has 0 bridgehead atoms. The van der Waals surface area contributed by atoms with Crippen LogP contribution in [-0.4, -0.2) is 10.5 Å². The first-order chi connectivity index (χ1) is 9.92. The molecular formula is C17H21BrN2S. The average molecular weight is 365 g/mol. The number of pyridine rings is 1. The maximum absolute atomic E-state index is 4.39. The van der Waals surface area contributed by atoms with E-state index in [-0.39, 0.29) is 5.54 Å². The van der Waals surface area contributed by atoms with Gasteiger partial charge in [0.2, 0.25) is 0 Å². The molecule has 0 aliphatic heterocycles. The zero-order valence-electron chi connectivity index (χ0n) is 12.7. The summed E-state index contributed by atoms with van der Waals surface area (Å²) in [6, 6.07) is 12.8. The van der Waals surface area contributed by atoms with Crippen LogP contribution in [0.15, 0.2) is 52.0 Å². The fourth-order valence-corrected chi connectivity index (χ4v) is 2.77. The molecule has 2 rings (SSSR count). The Morgan fingerprint density at radius 2 is 1.81 bits per heavy atom. The zero-order valence-corrected chi connectivity index (χ0v) is 15.1. The summed E-state index contributed by atoms with van der Waals surface area (Å²) >= 11 is 5.22. The number of hydrogen-bond acceptors (Lipinski definition) is 3. The van der Waals surface area contributed by atoms with Crippen LogP contribution < -0.4 is 5.32 Å². The second-order valence-electron chi connectivity index (χ2n) is 6.00. The third-order valence-electron chi connectivity index (χ3n) is 2.92. The average Bonchev–Trinajstić information content (AvgIpc) is 2.45. The van der Waals surface area contributed by atoms with Gasteiger partial charge >= 0.3 is 0 Å². The lowest BCUT2D eigenvalue weighted by Gasteiger charge is -2.20. The number of hydrogen-bond donors (Lipinski definition) is 1. The number of nitrogens with one attached hydrogen (secondary N) is 1. The number of nitrogens with zero attached hydrogens (tertiary/aromatic N) is 1. The van der Waals surface area contributed by atoms with Crippen LogP contribution in [0.25, 0.3) is 0 Å². The standard InChI is InChI=1S/C17H21BrN2S/c1-17(2,3)20-10-13-4-8-16(9-5-13)21-12-15-7-6-14(18)11-19-15/h4-9,11,20H,10,12H2,1-3H3. The Morgan fingerprint density at radius 1 is 1.10 bits per heavy atom. The number of thioether (sulfide) groups is 1. The molecule has 0 aliphatic carbocycles. The molecule has 112 valence electrons. The monoisotopic (exact) mass is 364 g/mol. The van der Waals surface area contributed by atoms with Crippen LogP contribution in [0.2, 0.25) is 0 Å². The SMILES string of the molecule is CC(C)(C)NCc1ccc(SCc2ccc(Br)cn2)cc1. The van der Waals surface area contributed by atoms with Gasteiger partial charge in [-0.05, 0) is 66.5 Å². The minimum absolute atomic E-state index is 0.153. The van der Waals surface area contributed by atoms with Crippen molar-refractivity contribution in [1.29, 1.82) is 0 Å². The van der Waals surface area contributed by atoms with Gasteiger partial charge in [0, 0.05) is 33.4 Å². The van der Waals surface area contributed by atoms with Crippen molar-refractivity contribution in [3.63, 3.8) is 0 Å². The van der Waals surface area contributed by atoms with Crippen molar-refractivity contribution in [2.24, 2.45) is 0 Å². The molecule has 0 atom stereocenters. The van der Waals surface area contributed by atoms with Gasteiger partial charge in [-0.25, -0.2) is 0 Å². The molecule has 0 saturated carbocycles. The van der Waals surface area contributed by atoms with Crippen LogP contribution in [0.5, 0.6) is 0 Å². The minimum Gasteiger partial charge on any atom is -0.308 e. The Morgan fingerprint density at radius 3 is 2.38 bits per heavy atom. The van der Waals surface area contributed by atoms with Crippen molar-refractivity contribution in [1.82, 2.24) is 10.3 Å². The third-order valence-corrected chi connectivity index (χ3v) is 4.44. The second-order valence-corrected chi connectivity index (χ2v) is 7.97. The molecule has 1 N–H and O–H groups in total. The molecule has 1 heterocycles. The first kappa shape index (κ1) is 16.5. The van der Waals surface area contributed by atoms with E-state index in [1.54, 1.807) is 0 Å². The van der Waals surface area contributed by atoms with Crippen LogP contribution in [0.3, 0.4) is 0 Å². The number of rotatable bonds is 5. The molecule has 0 aliphatic rings.